The van der Waals surface area contributed by atoms with Crippen LogP contribution in [0.4, 0.5) is 0 Å². The summed E-state index contributed by atoms with van der Waals surface area (Å²) < 4.78 is 0. The van der Waals surface area contributed by atoms with Crippen LogP contribution in [-0.4, -0.2) is 5.78 Å². The average Bonchev–Trinajstić information content (AvgIpc) is 3.20. The average molecular weight is 827 g/mol. The molecule has 1 aliphatic carbocycles. The molecule has 2 aliphatic rings. The second kappa shape index (κ2) is 16.1. The minimum absolute atomic E-state index is 0.0449. The molecule has 0 atom stereocenters. The highest BCUT2D eigenvalue weighted by molar-refractivity contribution is 8.16. The molecule has 0 spiro atoms. The molecule has 2 heterocycles. The van der Waals surface area contributed by atoms with Gasteiger partial charge in [0.15, 0.2) is 5.78 Å². The van der Waals surface area contributed by atoms with Crippen molar-refractivity contribution in [2.45, 2.75) is 105 Å². The zero-order valence-corrected chi connectivity index (χ0v) is 39.0. The van der Waals surface area contributed by atoms with Gasteiger partial charge in [0.25, 0.3) is 0 Å². The van der Waals surface area contributed by atoms with Crippen LogP contribution in [0.25, 0.3) is 36.8 Å². The Bertz CT molecular complexity index is 2450. The van der Waals surface area contributed by atoms with Crippen LogP contribution in [-0.2, 0) is 26.5 Å². The van der Waals surface area contributed by atoms with Gasteiger partial charge in [-0.25, -0.2) is 0 Å². The number of Topliss-reactive ketones (excluding diaryl/α,β-unsaturated/α-hetero) is 1. The quantitative estimate of drug-likeness (QED) is 0.126. The number of hydrogen-bond acceptors (Lipinski definition) is 3. The fraction of sp³-hybridized carbons (Fsp3) is 0.286. The van der Waals surface area contributed by atoms with Crippen molar-refractivity contribution in [2.75, 3.05) is 0 Å². The van der Waals surface area contributed by atoms with Crippen molar-refractivity contribution in [3.63, 3.8) is 0 Å². The van der Waals surface area contributed by atoms with Gasteiger partial charge in [0.1, 0.15) is 0 Å². The van der Waals surface area contributed by atoms with E-state index in [0.29, 0.717) is 0 Å². The van der Waals surface area contributed by atoms with Gasteiger partial charge in [-0.05, 0) is 115 Å². The number of rotatable bonds is 6. The van der Waals surface area contributed by atoms with Crippen molar-refractivity contribution in [3.8, 4) is 20.9 Å². The molecule has 5 aromatic rings. The van der Waals surface area contributed by atoms with Gasteiger partial charge in [0.2, 0.25) is 21.1 Å². The molecule has 0 saturated heterocycles. The number of allylic oxidation sites excluding steroid dienone is 6. The normalized spacial score (nSPS) is 15.8. The number of thioether (sulfide) groups is 1. The van der Waals surface area contributed by atoms with Crippen LogP contribution >= 0.6 is 23.1 Å². The van der Waals surface area contributed by atoms with E-state index >= 15 is 0 Å². The Balaban J connectivity index is 1.28. The van der Waals surface area contributed by atoms with Crippen molar-refractivity contribution >= 4 is 44.8 Å². The van der Waals surface area contributed by atoms with E-state index in [9.17, 15) is 9.90 Å². The van der Waals surface area contributed by atoms with Crippen LogP contribution < -0.4 is 5.11 Å². The molecule has 1 aromatic heterocycles. The second-order valence-electron chi connectivity index (χ2n) is 20.3. The highest BCUT2D eigenvalue weighted by atomic mass is 32.2. The number of hydrogen-bond donors (Lipinski definition) is 0. The molecule has 0 radical (unpaired) electrons. The van der Waals surface area contributed by atoms with Gasteiger partial charge in [-0.15, -0.1) is 0 Å². The standard InChI is InChI=1S/C56H58O2S2/c1-53(2,3)41-21-13-37(14-22-41)47-31-35(32-48(59-47)38-15-23-42(24-16-38)54(4,5)6)29-45-51(57)46(52(45)58)30-36-33-49(39-17-25-43(26-18-39)55(7,8)9)60-50(34-36)40-19-27-44(28-20-40)56(10,11)12/h13-34H,1-12H3. The Hall–Kier alpha value is -5.03. The fourth-order valence-electron chi connectivity index (χ4n) is 7.35. The van der Waals surface area contributed by atoms with E-state index in [0.717, 1.165) is 53.0 Å². The molecule has 0 N–H and O–H groups in total. The van der Waals surface area contributed by atoms with Crippen LogP contribution in [0, 0.1) is 0 Å². The van der Waals surface area contributed by atoms with Crippen LogP contribution in [0.3, 0.4) is 0 Å². The van der Waals surface area contributed by atoms with Gasteiger partial charge in [0.05, 0.1) is 0 Å². The minimum atomic E-state index is -0.223. The maximum atomic E-state index is 14.0. The SMILES string of the molecule is CC(C)(C)c1ccc(C2=CC(=CC3=C([O-])C(=Cc4cc(-c5ccc(C(C)(C)C)cc5)[s+]c(-c5ccc(C(C)(C)C)cc5)c4)C3=O)C=C(c3ccc(C(C)(C)C)cc3)S2)cc1. The predicted octanol–water partition coefficient (Wildman–Crippen LogP) is 14.9. The Morgan fingerprint density at radius 2 is 0.817 bits per heavy atom. The Labute approximate surface area is 367 Å². The summed E-state index contributed by atoms with van der Waals surface area (Å²) in [6.45, 7) is 26.7. The Morgan fingerprint density at radius 3 is 1.13 bits per heavy atom. The zero-order valence-electron chi connectivity index (χ0n) is 37.3. The van der Waals surface area contributed by atoms with E-state index in [-0.39, 0.29) is 44.3 Å². The van der Waals surface area contributed by atoms with Gasteiger partial charge in [-0.2, -0.15) is 0 Å². The number of carbonyl (C=O) groups excluding carboxylic acids is 1. The van der Waals surface area contributed by atoms with Gasteiger partial charge in [0, 0.05) is 44.2 Å². The monoisotopic (exact) mass is 826 g/mol. The Kier molecular flexibility index (Phi) is 11.6. The minimum Gasteiger partial charge on any atom is -0.871 e. The molecular weight excluding hydrogens is 769 g/mol. The largest absolute Gasteiger partial charge is 0.871 e. The molecule has 2 nitrogen and oxygen atoms in total. The summed E-state index contributed by atoms with van der Waals surface area (Å²) in [5.41, 5.74) is 11.8. The number of carbonyl (C=O) groups is 1. The van der Waals surface area contributed by atoms with Crippen LogP contribution in [0.1, 0.15) is 122 Å². The van der Waals surface area contributed by atoms with E-state index in [4.69, 9.17) is 0 Å². The maximum absolute atomic E-state index is 14.0. The predicted molar refractivity (Wildman–Crippen MR) is 259 cm³/mol. The van der Waals surface area contributed by atoms with Gasteiger partial charge in [-0.1, -0.05) is 173 Å². The topological polar surface area (TPSA) is 40.1 Å². The van der Waals surface area contributed by atoms with Crippen LogP contribution in [0.15, 0.2) is 150 Å². The molecule has 306 valence electrons. The van der Waals surface area contributed by atoms with Crippen molar-refractivity contribution in [2.24, 2.45) is 0 Å². The van der Waals surface area contributed by atoms with Crippen molar-refractivity contribution in [1.29, 1.82) is 0 Å². The highest BCUT2D eigenvalue weighted by Gasteiger charge is 2.28. The van der Waals surface area contributed by atoms with Gasteiger partial charge >= 0.3 is 0 Å². The molecule has 0 fully saturated rings. The second-order valence-corrected chi connectivity index (χ2v) is 22.5. The third-order valence-corrected chi connectivity index (χ3v) is 13.7. The lowest BCUT2D eigenvalue weighted by Crippen LogP contribution is -2.29. The maximum Gasteiger partial charge on any atom is 0.239 e. The molecule has 0 bridgehead atoms. The fourth-order valence-corrected chi connectivity index (χ4v) is 9.62. The number of benzene rings is 4. The first-order valence-corrected chi connectivity index (χ1v) is 22.6. The molecule has 60 heavy (non-hydrogen) atoms. The summed E-state index contributed by atoms with van der Waals surface area (Å²) in [4.78, 5) is 18.3. The van der Waals surface area contributed by atoms with E-state index in [2.05, 4.69) is 204 Å². The molecule has 7 rings (SSSR count). The molecule has 0 saturated carbocycles. The summed E-state index contributed by atoms with van der Waals surface area (Å²) in [7, 11) is 0. The summed E-state index contributed by atoms with van der Waals surface area (Å²) in [5.74, 6) is -0.446. The molecule has 4 aromatic carbocycles. The summed E-state index contributed by atoms with van der Waals surface area (Å²) >= 11 is 3.44. The van der Waals surface area contributed by atoms with E-state index in [1.807, 2.05) is 0 Å². The zero-order chi connectivity index (χ0) is 43.4. The molecular formula is C56H58O2S2. The number of ketones is 1. The van der Waals surface area contributed by atoms with E-state index in [1.54, 1.807) is 35.3 Å². The molecule has 0 amide bonds. The van der Waals surface area contributed by atoms with Crippen molar-refractivity contribution in [3.05, 3.63) is 189 Å². The first-order valence-electron chi connectivity index (χ1n) is 21.0. The summed E-state index contributed by atoms with van der Waals surface area (Å²) in [6.07, 6.45) is 7.77. The van der Waals surface area contributed by atoms with Crippen molar-refractivity contribution in [1.82, 2.24) is 0 Å². The lowest BCUT2D eigenvalue weighted by Gasteiger charge is -2.29. The van der Waals surface area contributed by atoms with Gasteiger partial charge in [-0.3, -0.25) is 4.79 Å². The smallest absolute Gasteiger partial charge is 0.239 e. The Morgan fingerprint density at radius 1 is 0.483 bits per heavy atom. The van der Waals surface area contributed by atoms with Crippen LogP contribution in [0.5, 0.6) is 0 Å². The summed E-state index contributed by atoms with van der Waals surface area (Å²) in [6, 6.07) is 39.2. The van der Waals surface area contributed by atoms with Crippen molar-refractivity contribution < 1.29 is 9.90 Å². The molecule has 0 unspecified atom stereocenters. The third-order valence-electron chi connectivity index (χ3n) is 11.4. The first-order chi connectivity index (χ1) is 28.0. The molecule has 1 aliphatic heterocycles. The molecule has 4 heteroatoms. The van der Waals surface area contributed by atoms with E-state index in [1.165, 1.54) is 22.3 Å². The third kappa shape index (κ3) is 9.46. The van der Waals surface area contributed by atoms with Crippen LogP contribution in [0.2, 0.25) is 0 Å². The summed E-state index contributed by atoms with van der Waals surface area (Å²) in [5, 5.41) is 14.0. The van der Waals surface area contributed by atoms with Gasteiger partial charge < -0.3 is 5.11 Å². The lowest BCUT2D eigenvalue weighted by molar-refractivity contribution is -0.300. The van der Waals surface area contributed by atoms with E-state index < -0.39 is 0 Å². The first kappa shape index (κ1) is 43.1. The lowest BCUT2D eigenvalue weighted by atomic mass is 9.85. The highest BCUT2D eigenvalue weighted by Crippen LogP contribution is 2.46.